The van der Waals surface area contributed by atoms with Crippen LogP contribution in [0.4, 0.5) is 0 Å². The van der Waals surface area contributed by atoms with Crippen LogP contribution in [0.15, 0.2) is 168 Å². The molecule has 0 spiro atoms. The maximum Gasteiger partial charge on any atom is 0.164 e. The summed E-state index contributed by atoms with van der Waals surface area (Å²) in [6.07, 6.45) is 0. The molecule has 0 aliphatic carbocycles. The number of para-hydroxylation sites is 1. The predicted molar refractivity (Wildman–Crippen MR) is 192 cm³/mol. The fourth-order valence-corrected chi connectivity index (χ4v) is 5.86. The molecule has 47 heavy (non-hydrogen) atoms. The first-order chi connectivity index (χ1) is 27.4. The predicted octanol–water partition coefficient (Wildman–Crippen LogP) is 11.3. The van der Waals surface area contributed by atoms with E-state index in [2.05, 4.69) is 6.07 Å². The van der Waals surface area contributed by atoms with Crippen LogP contribution in [0.25, 0.3) is 89.1 Å². The Labute approximate surface area is 285 Å². The van der Waals surface area contributed by atoms with Crippen LogP contribution in [0.3, 0.4) is 0 Å². The molecule has 0 bridgehead atoms. The van der Waals surface area contributed by atoms with Crippen molar-refractivity contribution in [3.05, 3.63) is 164 Å². The SMILES string of the molecule is [2H]c1c([2H])c([2H])c(-c2cc(-c3nc(-c4ccc5cc(-c6ccccc6)ccc5c4)nc(-c4c([2H])c([2H])c([2H])c([2H])c4[2H])n3)c3c(c2)oc2ccccc23)c([2H])c1[2H]. The van der Waals surface area contributed by atoms with Gasteiger partial charge < -0.3 is 4.42 Å². The van der Waals surface area contributed by atoms with Gasteiger partial charge >= 0.3 is 0 Å². The van der Waals surface area contributed by atoms with E-state index in [4.69, 9.17) is 33.1 Å². The Bertz CT molecular complexity index is 3090. The smallest absolute Gasteiger partial charge is 0.164 e. The number of aromatic nitrogens is 3. The molecule has 2 heterocycles. The molecule has 0 radical (unpaired) electrons. The Morgan fingerprint density at radius 2 is 1.04 bits per heavy atom. The fraction of sp³-hybridized carbons (Fsp3) is 0. The van der Waals surface area contributed by atoms with E-state index in [1.54, 1.807) is 24.3 Å². The van der Waals surface area contributed by atoms with Gasteiger partial charge in [-0.15, -0.1) is 0 Å². The Balaban J connectivity index is 1.34. The number of hydrogen-bond acceptors (Lipinski definition) is 4. The van der Waals surface area contributed by atoms with Gasteiger partial charge in [0.15, 0.2) is 17.5 Å². The topological polar surface area (TPSA) is 51.8 Å². The summed E-state index contributed by atoms with van der Waals surface area (Å²) in [5, 5.41) is 3.07. The molecule has 0 unspecified atom stereocenters. The van der Waals surface area contributed by atoms with Crippen LogP contribution in [-0.4, -0.2) is 15.0 Å². The highest BCUT2D eigenvalue weighted by molar-refractivity contribution is 6.13. The van der Waals surface area contributed by atoms with Crippen molar-refractivity contribution in [1.29, 1.82) is 0 Å². The zero-order chi connectivity index (χ0) is 39.9. The molecule has 0 saturated heterocycles. The summed E-state index contributed by atoms with van der Waals surface area (Å²) in [5.74, 6) is -0.00204. The highest BCUT2D eigenvalue weighted by atomic mass is 16.3. The Hall–Kier alpha value is -6.39. The average Bonchev–Trinajstić information content (AvgIpc) is 3.62. The number of benzene rings is 7. The van der Waals surface area contributed by atoms with Crippen molar-refractivity contribution in [2.75, 3.05) is 0 Å². The van der Waals surface area contributed by atoms with Crippen molar-refractivity contribution in [3.8, 4) is 56.4 Å². The third kappa shape index (κ3) is 4.93. The second-order valence-electron chi connectivity index (χ2n) is 10.9. The van der Waals surface area contributed by atoms with Crippen LogP contribution in [0.2, 0.25) is 0 Å². The van der Waals surface area contributed by atoms with Gasteiger partial charge in [-0.2, -0.15) is 0 Å². The van der Waals surface area contributed by atoms with Crippen molar-refractivity contribution in [3.63, 3.8) is 0 Å². The third-order valence-electron chi connectivity index (χ3n) is 8.07. The van der Waals surface area contributed by atoms with Crippen molar-refractivity contribution in [2.45, 2.75) is 0 Å². The molecule has 0 amide bonds. The van der Waals surface area contributed by atoms with E-state index in [0.717, 1.165) is 21.9 Å². The molecule has 4 nitrogen and oxygen atoms in total. The molecule has 0 aliphatic heterocycles. The number of hydrogen-bond donors (Lipinski definition) is 0. The summed E-state index contributed by atoms with van der Waals surface area (Å²) >= 11 is 0. The molecular weight excluding hydrogens is 574 g/mol. The molecule has 0 aliphatic rings. The molecule has 7 aromatic carbocycles. The molecule has 4 heteroatoms. The maximum absolute atomic E-state index is 8.81. The Morgan fingerprint density at radius 3 is 1.81 bits per heavy atom. The minimum atomic E-state index is -0.564. The van der Waals surface area contributed by atoms with Crippen LogP contribution in [0.1, 0.15) is 13.7 Å². The van der Waals surface area contributed by atoms with E-state index in [9.17, 15) is 0 Å². The minimum Gasteiger partial charge on any atom is -0.456 e. The fourth-order valence-electron chi connectivity index (χ4n) is 5.86. The Morgan fingerprint density at radius 1 is 0.426 bits per heavy atom. The van der Waals surface area contributed by atoms with Gasteiger partial charge in [-0.3, -0.25) is 0 Å². The van der Waals surface area contributed by atoms with Gasteiger partial charge in [0.25, 0.3) is 0 Å². The van der Waals surface area contributed by atoms with Crippen molar-refractivity contribution < 1.29 is 18.1 Å². The third-order valence-corrected chi connectivity index (χ3v) is 8.07. The van der Waals surface area contributed by atoms with E-state index in [-0.39, 0.29) is 34.2 Å². The molecule has 0 saturated carbocycles. The van der Waals surface area contributed by atoms with Gasteiger partial charge in [0.05, 0.1) is 13.7 Å². The molecule has 0 atom stereocenters. The summed E-state index contributed by atoms with van der Waals surface area (Å²) in [7, 11) is 0. The standard InChI is InChI=1S/C43H27N3O/c1-4-12-28(13-5-1)31-20-21-33-25-34(23-22-32(33)24-31)42-44-41(30-16-8-3-9-17-30)45-43(46-42)37-26-35(29-14-6-2-7-15-29)27-39-40(37)36-18-10-11-19-38(36)47-39/h1-27H/i2D,3D,6D,7D,8D,9D,14D,15D,16D,17D. The van der Waals surface area contributed by atoms with Crippen LogP contribution in [0, 0.1) is 0 Å². The van der Waals surface area contributed by atoms with E-state index in [1.165, 1.54) is 0 Å². The van der Waals surface area contributed by atoms with Crippen molar-refractivity contribution in [1.82, 2.24) is 15.0 Å². The highest BCUT2D eigenvalue weighted by Gasteiger charge is 2.19. The summed E-state index contributed by atoms with van der Waals surface area (Å²) < 4.78 is 91.3. The summed E-state index contributed by atoms with van der Waals surface area (Å²) in [6, 6.07) is 27.2. The van der Waals surface area contributed by atoms with Gasteiger partial charge in [0.2, 0.25) is 0 Å². The number of rotatable bonds is 5. The molecule has 2 aromatic heterocycles. The van der Waals surface area contributed by atoms with Crippen molar-refractivity contribution in [2.24, 2.45) is 0 Å². The summed E-state index contributed by atoms with van der Waals surface area (Å²) in [4.78, 5) is 14.5. The van der Waals surface area contributed by atoms with Gasteiger partial charge in [-0.1, -0.05) is 133 Å². The van der Waals surface area contributed by atoms with Crippen LogP contribution in [-0.2, 0) is 0 Å². The molecule has 0 fully saturated rings. The maximum atomic E-state index is 8.81. The van der Waals surface area contributed by atoms with Crippen LogP contribution in [0.5, 0.6) is 0 Å². The second-order valence-corrected chi connectivity index (χ2v) is 10.9. The first-order valence-electron chi connectivity index (χ1n) is 19.9. The molecule has 9 rings (SSSR count). The second kappa shape index (κ2) is 11.2. The monoisotopic (exact) mass is 611 g/mol. The lowest BCUT2D eigenvalue weighted by molar-refractivity contribution is 0.669. The van der Waals surface area contributed by atoms with Gasteiger partial charge in [0.1, 0.15) is 11.2 Å². The van der Waals surface area contributed by atoms with Gasteiger partial charge in [-0.05, 0) is 63.4 Å². The van der Waals surface area contributed by atoms with Crippen LogP contribution < -0.4 is 0 Å². The zero-order valence-corrected chi connectivity index (χ0v) is 24.6. The van der Waals surface area contributed by atoms with Crippen molar-refractivity contribution >= 4 is 32.7 Å². The quantitative estimate of drug-likeness (QED) is 0.194. The zero-order valence-electron chi connectivity index (χ0n) is 34.6. The van der Waals surface area contributed by atoms with E-state index in [0.29, 0.717) is 33.1 Å². The van der Waals surface area contributed by atoms with E-state index in [1.807, 2.05) is 72.8 Å². The molecule has 0 N–H and O–H groups in total. The first kappa shape index (κ1) is 18.5. The largest absolute Gasteiger partial charge is 0.456 e. The normalized spacial score (nSPS) is 14.4. The van der Waals surface area contributed by atoms with Gasteiger partial charge in [-0.25, -0.2) is 15.0 Å². The van der Waals surface area contributed by atoms with Gasteiger partial charge in [0, 0.05) is 27.5 Å². The Kier molecular flexibility index (Phi) is 4.42. The number of furan rings is 1. The molecular formula is C43H27N3O. The number of nitrogens with zero attached hydrogens (tertiary/aromatic N) is 3. The van der Waals surface area contributed by atoms with E-state index < -0.39 is 60.4 Å². The summed E-state index contributed by atoms with van der Waals surface area (Å²) in [5.41, 5.74) is 3.78. The lowest BCUT2D eigenvalue weighted by Gasteiger charge is -2.12. The average molecular weight is 612 g/mol. The minimum absolute atomic E-state index is 0.0344. The molecule has 220 valence electrons. The van der Waals surface area contributed by atoms with Crippen LogP contribution >= 0.6 is 0 Å². The lowest BCUT2D eigenvalue weighted by atomic mass is 9.98. The highest BCUT2D eigenvalue weighted by Crippen LogP contribution is 2.40. The number of fused-ring (bicyclic) bond motifs is 4. The summed E-state index contributed by atoms with van der Waals surface area (Å²) in [6.45, 7) is 0. The lowest BCUT2D eigenvalue weighted by Crippen LogP contribution is -2.00. The van der Waals surface area contributed by atoms with E-state index >= 15 is 0 Å². The first-order valence-corrected chi connectivity index (χ1v) is 14.9. The molecule has 9 aromatic rings.